The molecule has 0 spiro atoms. The van der Waals surface area contributed by atoms with Gasteiger partial charge in [0.05, 0.1) is 11.3 Å². The Bertz CT molecular complexity index is 589. The molecule has 1 heterocycles. The standard InChI is InChI=1S/C14H15ClN4O/c15-10-4-5-13(19-16)12(9-10)14(20)18-8-6-11-3-1-2-7-17-11/h1-5,7,9,19H,6,8,16H2,(H,18,20). The first kappa shape index (κ1) is 14.3. The summed E-state index contributed by atoms with van der Waals surface area (Å²) in [7, 11) is 0. The van der Waals surface area contributed by atoms with Crippen LogP contribution in [0.3, 0.4) is 0 Å². The van der Waals surface area contributed by atoms with Crippen LogP contribution in [-0.2, 0) is 6.42 Å². The summed E-state index contributed by atoms with van der Waals surface area (Å²) in [5.41, 5.74) is 4.36. The Kier molecular flexibility index (Phi) is 4.92. The maximum Gasteiger partial charge on any atom is 0.253 e. The lowest BCUT2D eigenvalue weighted by Crippen LogP contribution is -2.27. The van der Waals surface area contributed by atoms with Gasteiger partial charge in [0.2, 0.25) is 0 Å². The van der Waals surface area contributed by atoms with E-state index in [4.69, 9.17) is 17.4 Å². The fourth-order valence-electron chi connectivity index (χ4n) is 1.78. The molecule has 2 rings (SSSR count). The van der Waals surface area contributed by atoms with E-state index < -0.39 is 0 Å². The van der Waals surface area contributed by atoms with E-state index in [-0.39, 0.29) is 5.91 Å². The first-order valence-corrected chi connectivity index (χ1v) is 6.53. The van der Waals surface area contributed by atoms with Crippen molar-refractivity contribution in [1.29, 1.82) is 0 Å². The Hall–Kier alpha value is -2.11. The predicted octanol–water partition coefficient (Wildman–Crippen LogP) is 1.99. The van der Waals surface area contributed by atoms with E-state index in [0.29, 0.717) is 29.2 Å². The van der Waals surface area contributed by atoms with Crippen LogP contribution in [0.2, 0.25) is 5.02 Å². The molecule has 2 aromatic rings. The molecule has 0 saturated carbocycles. The molecule has 0 aliphatic carbocycles. The first-order chi connectivity index (χ1) is 9.70. The van der Waals surface area contributed by atoms with Crippen molar-refractivity contribution in [1.82, 2.24) is 10.3 Å². The van der Waals surface area contributed by atoms with Crippen LogP contribution in [0.1, 0.15) is 16.1 Å². The quantitative estimate of drug-likeness (QED) is 0.581. The lowest BCUT2D eigenvalue weighted by Gasteiger charge is -2.10. The molecule has 1 aromatic carbocycles. The van der Waals surface area contributed by atoms with E-state index >= 15 is 0 Å². The Morgan fingerprint density at radius 2 is 2.15 bits per heavy atom. The number of halogens is 1. The molecule has 0 fully saturated rings. The maximum absolute atomic E-state index is 12.1. The van der Waals surface area contributed by atoms with Gasteiger partial charge in [-0.15, -0.1) is 0 Å². The highest BCUT2D eigenvalue weighted by Gasteiger charge is 2.11. The van der Waals surface area contributed by atoms with Crippen LogP contribution in [-0.4, -0.2) is 17.4 Å². The Labute approximate surface area is 122 Å². The predicted molar refractivity (Wildman–Crippen MR) is 79.5 cm³/mol. The van der Waals surface area contributed by atoms with Crippen molar-refractivity contribution in [3.05, 3.63) is 58.9 Å². The number of nitrogens with two attached hydrogens (primary N) is 1. The molecule has 0 aliphatic heterocycles. The number of nitrogens with one attached hydrogen (secondary N) is 2. The molecule has 0 aliphatic rings. The van der Waals surface area contributed by atoms with Gasteiger partial charge >= 0.3 is 0 Å². The second-order valence-electron chi connectivity index (χ2n) is 4.16. The number of anilines is 1. The molecule has 1 aromatic heterocycles. The van der Waals surface area contributed by atoms with Gasteiger partial charge in [-0.3, -0.25) is 15.6 Å². The van der Waals surface area contributed by atoms with E-state index in [1.54, 1.807) is 24.4 Å². The molecule has 0 bridgehead atoms. The van der Waals surface area contributed by atoms with Crippen molar-refractivity contribution in [3.8, 4) is 0 Å². The van der Waals surface area contributed by atoms with Gasteiger partial charge in [0, 0.05) is 29.9 Å². The number of benzene rings is 1. The van der Waals surface area contributed by atoms with Gasteiger partial charge in [0.1, 0.15) is 0 Å². The number of amides is 1. The van der Waals surface area contributed by atoms with Crippen LogP contribution in [0.25, 0.3) is 0 Å². The summed E-state index contributed by atoms with van der Waals surface area (Å²) in [6.45, 7) is 0.492. The number of pyridine rings is 1. The van der Waals surface area contributed by atoms with Crippen molar-refractivity contribution < 1.29 is 4.79 Å². The molecule has 1 amide bonds. The van der Waals surface area contributed by atoms with Gasteiger partial charge in [-0.05, 0) is 30.3 Å². The lowest BCUT2D eigenvalue weighted by molar-refractivity contribution is 0.0955. The summed E-state index contributed by atoms with van der Waals surface area (Å²) in [5.74, 6) is 5.15. The van der Waals surface area contributed by atoms with E-state index in [2.05, 4.69) is 15.7 Å². The van der Waals surface area contributed by atoms with Crippen LogP contribution < -0.4 is 16.6 Å². The smallest absolute Gasteiger partial charge is 0.253 e. The number of hydrogen-bond acceptors (Lipinski definition) is 4. The molecule has 0 radical (unpaired) electrons. The minimum atomic E-state index is -0.226. The molecular weight excluding hydrogens is 276 g/mol. The summed E-state index contributed by atoms with van der Waals surface area (Å²) >= 11 is 5.89. The monoisotopic (exact) mass is 290 g/mol. The molecule has 0 saturated heterocycles. The summed E-state index contributed by atoms with van der Waals surface area (Å²) < 4.78 is 0. The molecule has 104 valence electrons. The number of carbonyl (C=O) groups is 1. The third-order valence-corrected chi connectivity index (χ3v) is 3.01. The lowest BCUT2D eigenvalue weighted by atomic mass is 10.1. The van der Waals surface area contributed by atoms with Crippen molar-refractivity contribution in [2.45, 2.75) is 6.42 Å². The Balaban J connectivity index is 1.97. The summed E-state index contributed by atoms with van der Waals surface area (Å²) in [6, 6.07) is 10.6. The van der Waals surface area contributed by atoms with Gasteiger partial charge < -0.3 is 10.7 Å². The molecule has 6 heteroatoms. The fourth-order valence-corrected chi connectivity index (χ4v) is 1.95. The van der Waals surface area contributed by atoms with Crippen molar-refractivity contribution in [2.75, 3.05) is 12.0 Å². The second-order valence-corrected chi connectivity index (χ2v) is 4.60. The van der Waals surface area contributed by atoms with Crippen molar-refractivity contribution in [3.63, 3.8) is 0 Å². The molecular formula is C14H15ClN4O. The van der Waals surface area contributed by atoms with Crippen LogP contribution in [0, 0.1) is 0 Å². The zero-order valence-electron chi connectivity index (χ0n) is 10.8. The van der Waals surface area contributed by atoms with Crippen molar-refractivity contribution >= 4 is 23.2 Å². The number of hydrogen-bond donors (Lipinski definition) is 3. The summed E-state index contributed by atoms with van der Waals surface area (Å²) in [4.78, 5) is 16.3. The van der Waals surface area contributed by atoms with Crippen LogP contribution in [0.5, 0.6) is 0 Å². The number of nitrogens with zero attached hydrogens (tertiary/aromatic N) is 1. The van der Waals surface area contributed by atoms with Gasteiger partial charge in [0.25, 0.3) is 5.91 Å². The van der Waals surface area contributed by atoms with Gasteiger partial charge in [0.15, 0.2) is 0 Å². The zero-order chi connectivity index (χ0) is 14.4. The van der Waals surface area contributed by atoms with E-state index in [1.165, 1.54) is 0 Å². The molecule has 20 heavy (non-hydrogen) atoms. The topological polar surface area (TPSA) is 80.0 Å². The number of hydrazine groups is 1. The normalized spacial score (nSPS) is 10.1. The second kappa shape index (κ2) is 6.88. The first-order valence-electron chi connectivity index (χ1n) is 6.15. The number of carbonyl (C=O) groups excluding carboxylic acids is 1. The van der Waals surface area contributed by atoms with Crippen LogP contribution in [0.15, 0.2) is 42.6 Å². The van der Waals surface area contributed by atoms with E-state index in [9.17, 15) is 4.79 Å². The number of aromatic nitrogens is 1. The highest BCUT2D eigenvalue weighted by molar-refractivity contribution is 6.31. The third-order valence-electron chi connectivity index (χ3n) is 2.77. The minimum Gasteiger partial charge on any atom is -0.352 e. The number of nitrogen functional groups attached to an aromatic ring is 1. The van der Waals surface area contributed by atoms with Gasteiger partial charge in [-0.25, -0.2) is 0 Å². The van der Waals surface area contributed by atoms with Crippen molar-refractivity contribution in [2.24, 2.45) is 5.84 Å². The largest absolute Gasteiger partial charge is 0.352 e. The van der Waals surface area contributed by atoms with Gasteiger partial charge in [-0.2, -0.15) is 0 Å². The average Bonchev–Trinajstić information content (AvgIpc) is 2.48. The molecule has 5 nitrogen and oxygen atoms in total. The van der Waals surface area contributed by atoms with E-state index in [0.717, 1.165) is 5.69 Å². The van der Waals surface area contributed by atoms with Crippen LogP contribution in [0.4, 0.5) is 5.69 Å². The fraction of sp³-hybridized carbons (Fsp3) is 0.143. The third kappa shape index (κ3) is 3.69. The average molecular weight is 291 g/mol. The molecule has 0 unspecified atom stereocenters. The highest BCUT2D eigenvalue weighted by atomic mass is 35.5. The maximum atomic E-state index is 12.1. The molecule has 0 atom stereocenters. The Morgan fingerprint density at radius 1 is 1.30 bits per heavy atom. The zero-order valence-corrected chi connectivity index (χ0v) is 11.5. The van der Waals surface area contributed by atoms with Crippen LogP contribution >= 0.6 is 11.6 Å². The highest BCUT2D eigenvalue weighted by Crippen LogP contribution is 2.19. The summed E-state index contributed by atoms with van der Waals surface area (Å²) in [5, 5.41) is 3.30. The SMILES string of the molecule is NNc1ccc(Cl)cc1C(=O)NCCc1ccccn1. The number of rotatable bonds is 5. The Morgan fingerprint density at radius 3 is 2.85 bits per heavy atom. The minimum absolute atomic E-state index is 0.226. The van der Waals surface area contributed by atoms with E-state index in [1.807, 2.05) is 18.2 Å². The van der Waals surface area contributed by atoms with Gasteiger partial charge in [-0.1, -0.05) is 17.7 Å². The summed E-state index contributed by atoms with van der Waals surface area (Å²) in [6.07, 6.45) is 2.39. The molecule has 4 N–H and O–H groups in total.